The van der Waals surface area contributed by atoms with Crippen LogP contribution in [0.25, 0.3) is 10.1 Å². The minimum atomic E-state index is 0.0947. The van der Waals surface area contributed by atoms with E-state index < -0.39 is 0 Å². The number of thiophene rings is 1. The van der Waals surface area contributed by atoms with Gasteiger partial charge >= 0.3 is 0 Å². The largest absolute Gasteiger partial charge is 0.497 e. The maximum Gasteiger partial charge on any atom is 0.259 e. The molecule has 0 bridgehead atoms. The Morgan fingerprint density at radius 3 is 2.70 bits per heavy atom. The van der Waals surface area contributed by atoms with E-state index in [4.69, 9.17) is 4.74 Å². The third kappa shape index (κ3) is 2.47. The standard InChI is InChI=1S/C16H15NO2S/c1-19-13-4-2-12(3-5-13)6-9-17-10-7-15-14(16(17)18)8-11-20-15/h2-5,7-8,10-11H,6,9H2,1H3. The lowest BCUT2D eigenvalue weighted by Gasteiger charge is -2.07. The lowest BCUT2D eigenvalue weighted by atomic mass is 10.1. The molecular weight excluding hydrogens is 270 g/mol. The van der Waals surface area contributed by atoms with E-state index in [9.17, 15) is 4.79 Å². The van der Waals surface area contributed by atoms with E-state index >= 15 is 0 Å². The summed E-state index contributed by atoms with van der Waals surface area (Å²) in [5.74, 6) is 0.852. The number of aryl methyl sites for hydroxylation is 2. The zero-order valence-corrected chi connectivity index (χ0v) is 12.0. The average molecular weight is 285 g/mol. The SMILES string of the molecule is COc1ccc(CCn2ccc3sccc3c2=O)cc1. The number of ether oxygens (including phenoxy) is 1. The van der Waals surface area contributed by atoms with Crippen LogP contribution in [-0.4, -0.2) is 11.7 Å². The third-order valence-corrected chi connectivity index (χ3v) is 4.27. The summed E-state index contributed by atoms with van der Waals surface area (Å²) < 4.78 is 7.96. The molecule has 0 N–H and O–H groups in total. The van der Waals surface area contributed by atoms with E-state index in [1.54, 1.807) is 23.0 Å². The Morgan fingerprint density at radius 2 is 1.95 bits per heavy atom. The van der Waals surface area contributed by atoms with Gasteiger partial charge in [0.05, 0.1) is 12.5 Å². The predicted molar refractivity (Wildman–Crippen MR) is 82.8 cm³/mol. The van der Waals surface area contributed by atoms with Crippen LogP contribution in [0.4, 0.5) is 0 Å². The summed E-state index contributed by atoms with van der Waals surface area (Å²) in [5.41, 5.74) is 1.29. The zero-order chi connectivity index (χ0) is 13.9. The molecule has 0 fully saturated rings. The van der Waals surface area contributed by atoms with Gasteiger partial charge in [0.25, 0.3) is 5.56 Å². The molecule has 20 heavy (non-hydrogen) atoms. The molecule has 0 radical (unpaired) electrons. The highest BCUT2D eigenvalue weighted by molar-refractivity contribution is 7.17. The second-order valence-electron chi connectivity index (χ2n) is 4.61. The molecule has 0 atom stereocenters. The molecule has 0 saturated carbocycles. The van der Waals surface area contributed by atoms with Crippen LogP contribution in [0.3, 0.4) is 0 Å². The van der Waals surface area contributed by atoms with Gasteiger partial charge in [-0.2, -0.15) is 0 Å². The van der Waals surface area contributed by atoms with Crippen molar-refractivity contribution in [1.29, 1.82) is 0 Å². The Labute approximate surface area is 121 Å². The summed E-state index contributed by atoms with van der Waals surface area (Å²) in [7, 11) is 1.66. The number of aromatic nitrogens is 1. The van der Waals surface area contributed by atoms with Gasteiger partial charge in [-0.3, -0.25) is 4.79 Å². The van der Waals surface area contributed by atoms with E-state index in [-0.39, 0.29) is 5.56 Å². The first-order chi connectivity index (χ1) is 9.78. The summed E-state index contributed by atoms with van der Waals surface area (Å²) in [4.78, 5) is 12.3. The Hall–Kier alpha value is -2.07. The predicted octanol–water partition coefficient (Wildman–Crippen LogP) is 3.31. The van der Waals surface area contributed by atoms with Crippen LogP contribution >= 0.6 is 11.3 Å². The minimum absolute atomic E-state index is 0.0947. The number of hydrogen-bond acceptors (Lipinski definition) is 3. The number of nitrogens with zero attached hydrogens (tertiary/aromatic N) is 1. The van der Waals surface area contributed by atoms with Gasteiger partial charge in [-0.15, -0.1) is 11.3 Å². The monoisotopic (exact) mass is 285 g/mol. The van der Waals surface area contributed by atoms with Gasteiger partial charge in [0.15, 0.2) is 0 Å². The molecule has 2 heterocycles. The number of methoxy groups -OCH3 is 1. The fourth-order valence-corrected chi connectivity index (χ4v) is 3.00. The molecule has 3 nitrogen and oxygen atoms in total. The highest BCUT2D eigenvalue weighted by Gasteiger charge is 2.03. The van der Waals surface area contributed by atoms with Gasteiger partial charge in [0.1, 0.15) is 5.75 Å². The van der Waals surface area contributed by atoms with Gasteiger partial charge in [0, 0.05) is 17.4 Å². The van der Waals surface area contributed by atoms with Gasteiger partial charge in [-0.25, -0.2) is 0 Å². The van der Waals surface area contributed by atoms with E-state index in [0.29, 0.717) is 6.54 Å². The quantitative estimate of drug-likeness (QED) is 0.736. The van der Waals surface area contributed by atoms with Crippen LogP contribution in [0, 0.1) is 0 Å². The molecule has 102 valence electrons. The molecule has 0 aliphatic carbocycles. The van der Waals surface area contributed by atoms with Gasteiger partial charge in [-0.1, -0.05) is 12.1 Å². The number of benzene rings is 1. The molecule has 3 aromatic rings. The number of hydrogen-bond donors (Lipinski definition) is 0. The summed E-state index contributed by atoms with van der Waals surface area (Å²) >= 11 is 1.60. The first-order valence-corrected chi connectivity index (χ1v) is 7.35. The van der Waals surface area contributed by atoms with Crippen molar-refractivity contribution in [1.82, 2.24) is 4.57 Å². The van der Waals surface area contributed by atoms with Crippen molar-refractivity contribution in [3.63, 3.8) is 0 Å². The first-order valence-electron chi connectivity index (χ1n) is 6.47. The molecule has 3 rings (SSSR count). The normalized spacial score (nSPS) is 10.8. The van der Waals surface area contributed by atoms with E-state index in [1.807, 2.05) is 48.0 Å². The molecule has 0 amide bonds. The van der Waals surface area contributed by atoms with Crippen molar-refractivity contribution in [2.45, 2.75) is 13.0 Å². The molecule has 0 saturated heterocycles. The minimum Gasteiger partial charge on any atom is -0.497 e. The highest BCUT2D eigenvalue weighted by Crippen LogP contribution is 2.16. The lowest BCUT2D eigenvalue weighted by Crippen LogP contribution is -2.19. The van der Waals surface area contributed by atoms with Gasteiger partial charge < -0.3 is 9.30 Å². The van der Waals surface area contributed by atoms with Crippen molar-refractivity contribution in [3.05, 3.63) is 63.9 Å². The summed E-state index contributed by atoms with van der Waals surface area (Å²) in [6.07, 6.45) is 2.71. The second-order valence-corrected chi connectivity index (χ2v) is 5.56. The summed E-state index contributed by atoms with van der Waals surface area (Å²) in [5, 5.41) is 2.77. The number of pyridine rings is 1. The van der Waals surface area contributed by atoms with Crippen LogP contribution in [-0.2, 0) is 13.0 Å². The Morgan fingerprint density at radius 1 is 1.15 bits per heavy atom. The van der Waals surface area contributed by atoms with Crippen molar-refractivity contribution >= 4 is 21.4 Å². The van der Waals surface area contributed by atoms with Crippen molar-refractivity contribution in [3.8, 4) is 5.75 Å². The van der Waals surface area contributed by atoms with E-state index in [0.717, 1.165) is 22.3 Å². The number of rotatable bonds is 4. The molecule has 0 aliphatic rings. The fourth-order valence-electron chi connectivity index (χ4n) is 2.22. The van der Waals surface area contributed by atoms with Crippen LogP contribution in [0.5, 0.6) is 5.75 Å². The molecule has 1 aromatic carbocycles. The molecule has 0 spiro atoms. The lowest BCUT2D eigenvalue weighted by molar-refractivity contribution is 0.414. The van der Waals surface area contributed by atoms with E-state index in [2.05, 4.69) is 0 Å². The average Bonchev–Trinajstić information content (AvgIpc) is 2.96. The van der Waals surface area contributed by atoms with Crippen LogP contribution in [0.1, 0.15) is 5.56 Å². The fraction of sp³-hybridized carbons (Fsp3) is 0.188. The first kappa shape index (κ1) is 12.9. The molecular formula is C16H15NO2S. The highest BCUT2D eigenvalue weighted by atomic mass is 32.1. The number of fused-ring (bicyclic) bond motifs is 1. The Kier molecular flexibility index (Phi) is 3.56. The smallest absolute Gasteiger partial charge is 0.259 e. The van der Waals surface area contributed by atoms with E-state index in [1.165, 1.54) is 5.56 Å². The van der Waals surface area contributed by atoms with Crippen LogP contribution < -0.4 is 10.3 Å². The molecule has 2 aromatic heterocycles. The molecule has 0 unspecified atom stereocenters. The summed E-state index contributed by atoms with van der Waals surface area (Å²) in [6.45, 7) is 0.691. The zero-order valence-electron chi connectivity index (χ0n) is 11.2. The van der Waals surface area contributed by atoms with Crippen LogP contribution in [0.15, 0.2) is 52.8 Å². The Balaban J connectivity index is 1.79. The van der Waals surface area contributed by atoms with Crippen LogP contribution in [0.2, 0.25) is 0 Å². The maximum absolute atomic E-state index is 12.3. The molecule has 4 heteroatoms. The van der Waals surface area contributed by atoms with Crippen molar-refractivity contribution in [2.24, 2.45) is 0 Å². The van der Waals surface area contributed by atoms with Crippen molar-refractivity contribution in [2.75, 3.05) is 7.11 Å². The summed E-state index contributed by atoms with van der Waals surface area (Å²) in [6, 6.07) is 11.9. The van der Waals surface area contributed by atoms with Crippen molar-refractivity contribution < 1.29 is 4.74 Å². The Bertz CT molecular complexity index is 771. The van der Waals surface area contributed by atoms with Gasteiger partial charge in [0.2, 0.25) is 0 Å². The maximum atomic E-state index is 12.3. The van der Waals surface area contributed by atoms with Gasteiger partial charge in [-0.05, 0) is 41.6 Å². The second kappa shape index (κ2) is 5.51. The topological polar surface area (TPSA) is 31.2 Å². The third-order valence-electron chi connectivity index (χ3n) is 3.39. The molecule has 0 aliphatic heterocycles.